The van der Waals surface area contributed by atoms with Crippen molar-refractivity contribution in [2.45, 2.75) is 47.5 Å². The Balaban J connectivity index is 0.000000755. The van der Waals surface area contributed by atoms with Crippen molar-refractivity contribution in [2.24, 2.45) is 5.10 Å². The molecule has 4 heteroatoms. The monoisotopic (exact) mass is 386 g/mol. The van der Waals surface area contributed by atoms with Crippen molar-refractivity contribution >= 4 is 17.7 Å². The molecule has 3 aromatic rings. The van der Waals surface area contributed by atoms with E-state index in [1.165, 1.54) is 29.1 Å². The molecule has 0 fully saturated rings. The van der Waals surface area contributed by atoms with Crippen LogP contribution in [0.4, 0.5) is 5.82 Å². The van der Waals surface area contributed by atoms with E-state index in [9.17, 15) is 0 Å². The summed E-state index contributed by atoms with van der Waals surface area (Å²) in [5, 5.41) is 6.44. The third-order valence-corrected chi connectivity index (χ3v) is 4.85. The first kappa shape index (κ1) is 20.6. The molecule has 0 atom stereocenters. The first-order chi connectivity index (χ1) is 14.0. The lowest BCUT2D eigenvalue weighted by molar-refractivity contribution is 0.903. The highest BCUT2D eigenvalue weighted by molar-refractivity contribution is 5.98. The van der Waals surface area contributed by atoms with Gasteiger partial charge in [-0.3, -0.25) is 0 Å². The molecule has 0 aliphatic carbocycles. The molecule has 1 aliphatic rings. The zero-order valence-electron chi connectivity index (χ0n) is 18.1. The number of aromatic nitrogens is 2. The molecule has 4 nitrogen and oxygen atoms in total. The van der Waals surface area contributed by atoms with Crippen LogP contribution in [0.5, 0.6) is 0 Å². The molecule has 29 heavy (non-hydrogen) atoms. The second-order valence-corrected chi connectivity index (χ2v) is 7.25. The lowest BCUT2D eigenvalue weighted by atomic mass is 10.0. The molecular weight excluding hydrogens is 356 g/mol. The zero-order valence-corrected chi connectivity index (χ0v) is 18.1. The predicted molar refractivity (Wildman–Crippen MR) is 124 cm³/mol. The lowest BCUT2D eigenvalue weighted by Gasteiger charge is -2.24. The predicted octanol–water partition coefficient (Wildman–Crippen LogP) is 6.29. The highest BCUT2D eigenvalue weighted by atomic mass is 15.5. The van der Waals surface area contributed by atoms with Gasteiger partial charge in [0.15, 0.2) is 5.82 Å². The third kappa shape index (κ3) is 3.88. The van der Waals surface area contributed by atoms with Gasteiger partial charge in [-0.25, -0.2) is 9.99 Å². The van der Waals surface area contributed by atoms with Crippen LogP contribution in [-0.4, -0.2) is 15.8 Å². The van der Waals surface area contributed by atoms with Crippen LogP contribution in [0, 0.1) is 13.8 Å². The highest BCUT2D eigenvalue weighted by Crippen LogP contribution is 2.36. The summed E-state index contributed by atoms with van der Waals surface area (Å²) in [6, 6.07) is 14.4. The summed E-state index contributed by atoms with van der Waals surface area (Å²) in [7, 11) is 0. The molecule has 0 bridgehead atoms. The van der Waals surface area contributed by atoms with E-state index < -0.39 is 0 Å². The SMILES string of the molecule is C=C1c2c(c(CC)n(-c3cccc(C)c3)c2C)C=NN1c1ccccn1.CCC. The van der Waals surface area contributed by atoms with Gasteiger partial charge in [-0.05, 0) is 50.1 Å². The molecular formula is C25H30N4. The lowest BCUT2D eigenvalue weighted by Crippen LogP contribution is -2.20. The van der Waals surface area contributed by atoms with Gasteiger partial charge in [0.25, 0.3) is 0 Å². The van der Waals surface area contributed by atoms with Gasteiger partial charge < -0.3 is 4.57 Å². The van der Waals surface area contributed by atoms with E-state index in [1.807, 2.05) is 29.4 Å². The van der Waals surface area contributed by atoms with Crippen LogP contribution in [0.2, 0.25) is 0 Å². The van der Waals surface area contributed by atoms with E-state index in [1.54, 1.807) is 6.20 Å². The van der Waals surface area contributed by atoms with Gasteiger partial charge in [0.2, 0.25) is 0 Å². The van der Waals surface area contributed by atoms with Crippen molar-refractivity contribution in [1.29, 1.82) is 0 Å². The molecule has 150 valence electrons. The van der Waals surface area contributed by atoms with Crippen LogP contribution in [0.25, 0.3) is 11.4 Å². The van der Waals surface area contributed by atoms with Crippen molar-refractivity contribution in [3.63, 3.8) is 0 Å². The first-order valence-electron chi connectivity index (χ1n) is 10.3. The number of hydrogen-bond donors (Lipinski definition) is 0. The summed E-state index contributed by atoms with van der Waals surface area (Å²) in [5.41, 5.74) is 8.03. The van der Waals surface area contributed by atoms with Gasteiger partial charge in [0.1, 0.15) is 0 Å². The van der Waals surface area contributed by atoms with Gasteiger partial charge in [-0.2, -0.15) is 5.10 Å². The quantitative estimate of drug-likeness (QED) is 0.530. The Morgan fingerprint density at radius 3 is 2.38 bits per heavy atom. The first-order valence-corrected chi connectivity index (χ1v) is 10.3. The summed E-state index contributed by atoms with van der Waals surface area (Å²) in [5.74, 6) is 0.778. The van der Waals surface area contributed by atoms with E-state index in [0.717, 1.165) is 29.1 Å². The van der Waals surface area contributed by atoms with Gasteiger partial charge in [-0.1, -0.05) is 52.0 Å². The normalized spacial score (nSPS) is 12.4. The molecule has 4 rings (SSSR count). The number of rotatable bonds is 3. The second-order valence-electron chi connectivity index (χ2n) is 7.25. The van der Waals surface area contributed by atoms with Crippen molar-refractivity contribution in [3.8, 4) is 5.69 Å². The summed E-state index contributed by atoms with van der Waals surface area (Å²) in [4.78, 5) is 4.42. The van der Waals surface area contributed by atoms with Crippen molar-refractivity contribution in [1.82, 2.24) is 9.55 Å². The largest absolute Gasteiger partial charge is 0.317 e. The smallest absolute Gasteiger partial charge is 0.153 e. The summed E-state index contributed by atoms with van der Waals surface area (Å²) >= 11 is 0. The Bertz CT molecular complexity index is 1030. The number of fused-ring (bicyclic) bond motifs is 1. The average molecular weight is 387 g/mol. The molecule has 0 saturated carbocycles. The number of hydrogen-bond acceptors (Lipinski definition) is 3. The molecule has 0 radical (unpaired) electrons. The number of pyridine rings is 1. The van der Waals surface area contributed by atoms with E-state index in [0.29, 0.717) is 0 Å². The molecule has 0 unspecified atom stereocenters. The highest BCUT2D eigenvalue weighted by Gasteiger charge is 2.27. The van der Waals surface area contributed by atoms with Crippen LogP contribution >= 0.6 is 0 Å². The Kier molecular flexibility index (Phi) is 6.32. The molecule has 0 saturated heterocycles. The van der Waals surface area contributed by atoms with E-state index >= 15 is 0 Å². The van der Waals surface area contributed by atoms with Crippen molar-refractivity contribution in [2.75, 3.05) is 5.01 Å². The van der Waals surface area contributed by atoms with Crippen molar-refractivity contribution < 1.29 is 0 Å². The van der Waals surface area contributed by atoms with Gasteiger partial charge in [-0.15, -0.1) is 0 Å². The van der Waals surface area contributed by atoms with Crippen LogP contribution in [0.1, 0.15) is 55.3 Å². The van der Waals surface area contributed by atoms with Gasteiger partial charge in [0, 0.05) is 34.4 Å². The van der Waals surface area contributed by atoms with Gasteiger partial charge >= 0.3 is 0 Å². The molecule has 1 aliphatic heterocycles. The topological polar surface area (TPSA) is 33.4 Å². The van der Waals surface area contributed by atoms with Crippen LogP contribution in [0.15, 0.2) is 60.3 Å². The zero-order chi connectivity index (χ0) is 21.0. The maximum Gasteiger partial charge on any atom is 0.153 e. The minimum atomic E-state index is 0.778. The molecule has 0 N–H and O–H groups in total. The number of hydrazone groups is 1. The molecule has 0 amide bonds. The molecule has 2 aromatic heterocycles. The Morgan fingerprint density at radius 2 is 1.76 bits per heavy atom. The summed E-state index contributed by atoms with van der Waals surface area (Å²) < 4.78 is 2.33. The standard InChI is InChI=1S/C22H22N4.C3H8/c1-5-20-19-14-24-26(21-11-6-7-12-23-21)17(4)22(19)16(3)25(20)18-10-8-9-15(2)13-18;1-3-2/h6-14H,4-5H2,1-3H3;3H2,1-2H3. The van der Waals surface area contributed by atoms with E-state index in [2.05, 4.69) is 80.1 Å². The molecule has 1 aromatic carbocycles. The fourth-order valence-electron chi connectivity index (χ4n) is 3.71. The summed E-state index contributed by atoms with van der Waals surface area (Å²) in [6.07, 6.45) is 5.89. The minimum absolute atomic E-state index is 0.778. The second kappa shape index (κ2) is 8.91. The Morgan fingerprint density at radius 1 is 1.00 bits per heavy atom. The fraction of sp³-hybridized carbons (Fsp3) is 0.280. The minimum Gasteiger partial charge on any atom is -0.317 e. The number of aryl methyl sites for hydroxylation is 1. The maximum absolute atomic E-state index is 4.63. The van der Waals surface area contributed by atoms with Crippen molar-refractivity contribution in [3.05, 3.63) is 83.3 Å². The number of nitrogens with zero attached hydrogens (tertiary/aromatic N) is 4. The number of anilines is 1. The molecule has 0 spiro atoms. The maximum atomic E-state index is 4.63. The van der Waals surface area contributed by atoms with E-state index in [-0.39, 0.29) is 0 Å². The molecule has 3 heterocycles. The van der Waals surface area contributed by atoms with Crippen LogP contribution < -0.4 is 5.01 Å². The average Bonchev–Trinajstić information content (AvgIpc) is 3.02. The van der Waals surface area contributed by atoms with Crippen LogP contribution in [-0.2, 0) is 6.42 Å². The summed E-state index contributed by atoms with van der Waals surface area (Å²) in [6.45, 7) is 15.0. The third-order valence-electron chi connectivity index (χ3n) is 4.85. The van der Waals surface area contributed by atoms with Gasteiger partial charge in [0.05, 0.1) is 11.9 Å². The fourth-order valence-corrected chi connectivity index (χ4v) is 3.71. The Labute approximate surface area is 174 Å². The van der Waals surface area contributed by atoms with E-state index in [4.69, 9.17) is 0 Å². The van der Waals surface area contributed by atoms with Crippen LogP contribution in [0.3, 0.4) is 0 Å². The Hall–Kier alpha value is -3.14. The number of benzene rings is 1.